The Labute approximate surface area is 98.0 Å². The molecule has 1 saturated carbocycles. The summed E-state index contributed by atoms with van der Waals surface area (Å²) in [6.45, 7) is 3.72. The van der Waals surface area contributed by atoms with Crippen LogP contribution in [0, 0.1) is 0 Å². The molecule has 0 amide bonds. The maximum absolute atomic E-state index is 9.84. The second-order valence-corrected chi connectivity index (χ2v) is 5.12. The van der Waals surface area contributed by atoms with E-state index in [0.717, 1.165) is 39.1 Å². The van der Waals surface area contributed by atoms with Gasteiger partial charge in [-0.25, -0.2) is 0 Å². The SMILES string of the molecule is CN1CCOC(CN[C@H]2CCCC[C@@H]2O)C1. The van der Waals surface area contributed by atoms with Gasteiger partial charge in [0.2, 0.25) is 0 Å². The summed E-state index contributed by atoms with van der Waals surface area (Å²) in [4.78, 5) is 2.30. The van der Waals surface area contributed by atoms with Gasteiger partial charge in [0.05, 0.1) is 18.8 Å². The van der Waals surface area contributed by atoms with Crippen LogP contribution in [0.15, 0.2) is 0 Å². The number of likely N-dealkylation sites (N-methyl/N-ethyl adjacent to an activating group) is 1. The molecule has 0 bridgehead atoms. The van der Waals surface area contributed by atoms with Crippen LogP contribution in [-0.4, -0.2) is 61.5 Å². The van der Waals surface area contributed by atoms with Crippen molar-refractivity contribution in [2.24, 2.45) is 0 Å². The van der Waals surface area contributed by atoms with E-state index in [2.05, 4.69) is 17.3 Å². The number of nitrogens with one attached hydrogen (secondary N) is 1. The molecule has 1 aliphatic heterocycles. The Morgan fingerprint density at radius 3 is 2.94 bits per heavy atom. The molecule has 2 N–H and O–H groups in total. The molecule has 1 saturated heterocycles. The van der Waals surface area contributed by atoms with Crippen LogP contribution in [0.3, 0.4) is 0 Å². The third-order valence-corrected chi connectivity index (χ3v) is 3.68. The molecule has 2 fully saturated rings. The lowest BCUT2D eigenvalue weighted by Crippen LogP contribution is -2.50. The van der Waals surface area contributed by atoms with Crippen LogP contribution in [-0.2, 0) is 4.74 Å². The first-order valence-electron chi connectivity index (χ1n) is 6.47. The van der Waals surface area contributed by atoms with E-state index in [0.29, 0.717) is 0 Å². The molecule has 0 radical (unpaired) electrons. The Kier molecular flexibility index (Phi) is 4.58. The van der Waals surface area contributed by atoms with Gasteiger partial charge < -0.3 is 20.1 Å². The topological polar surface area (TPSA) is 44.7 Å². The van der Waals surface area contributed by atoms with E-state index in [4.69, 9.17) is 4.74 Å². The first kappa shape index (κ1) is 12.3. The molecule has 1 aliphatic carbocycles. The zero-order chi connectivity index (χ0) is 11.4. The number of morpholine rings is 1. The van der Waals surface area contributed by atoms with E-state index in [1.54, 1.807) is 0 Å². The monoisotopic (exact) mass is 228 g/mol. The number of aliphatic hydroxyl groups is 1. The largest absolute Gasteiger partial charge is 0.392 e. The maximum atomic E-state index is 9.84. The van der Waals surface area contributed by atoms with E-state index in [1.807, 2.05) is 0 Å². The lowest BCUT2D eigenvalue weighted by atomic mass is 9.92. The van der Waals surface area contributed by atoms with Crippen LogP contribution in [0.2, 0.25) is 0 Å². The fourth-order valence-electron chi connectivity index (χ4n) is 2.62. The molecule has 94 valence electrons. The summed E-state index contributed by atoms with van der Waals surface area (Å²) in [5, 5.41) is 13.3. The summed E-state index contributed by atoms with van der Waals surface area (Å²) >= 11 is 0. The molecule has 0 aromatic rings. The van der Waals surface area contributed by atoms with E-state index in [1.165, 1.54) is 12.8 Å². The first-order chi connectivity index (χ1) is 7.75. The highest BCUT2D eigenvalue weighted by molar-refractivity contribution is 4.82. The Morgan fingerprint density at radius 1 is 1.38 bits per heavy atom. The third kappa shape index (κ3) is 3.42. The molecule has 4 heteroatoms. The van der Waals surface area contributed by atoms with Crippen LogP contribution in [0.5, 0.6) is 0 Å². The van der Waals surface area contributed by atoms with Crippen LogP contribution < -0.4 is 5.32 Å². The van der Waals surface area contributed by atoms with E-state index in [-0.39, 0.29) is 18.2 Å². The van der Waals surface area contributed by atoms with E-state index < -0.39 is 0 Å². The van der Waals surface area contributed by atoms with Gasteiger partial charge in [0.15, 0.2) is 0 Å². The van der Waals surface area contributed by atoms with Crippen molar-refractivity contribution in [2.75, 3.05) is 33.3 Å². The Balaban J connectivity index is 1.69. The molecule has 1 unspecified atom stereocenters. The van der Waals surface area contributed by atoms with Crippen molar-refractivity contribution in [2.45, 2.75) is 43.9 Å². The van der Waals surface area contributed by atoms with Crippen molar-refractivity contribution in [3.63, 3.8) is 0 Å². The number of aliphatic hydroxyl groups excluding tert-OH is 1. The minimum absolute atomic E-state index is 0.157. The summed E-state index contributed by atoms with van der Waals surface area (Å²) in [7, 11) is 2.13. The number of hydrogen-bond donors (Lipinski definition) is 2. The van der Waals surface area contributed by atoms with Crippen LogP contribution in [0.25, 0.3) is 0 Å². The Hall–Kier alpha value is -0.160. The molecule has 2 aliphatic rings. The molecule has 1 heterocycles. The molecular formula is C12H24N2O2. The fourth-order valence-corrected chi connectivity index (χ4v) is 2.62. The second-order valence-electron chi connectivity index (χ2n) is 5.12. The molecule has 0 aromatic heterocycles. The van der Waals surface area contributed by atoms with Crippen molar-refractivity contribution >= 4 is 0 Å². The van der Waals surface area contributed by atoms with Crippen LogP contribution in [0.4, 0.5) is 0 Å². The van der Waals surface area contributed by atoms with Crippen molar-refractivity contribution in [1.29, 1.82) is 0 Å². The van der Waals surface area contributed by atoms with Crippen molar-refractivity contribution in [3.8, 4) is 0 Å². The zero-order valence-electron chi connectivity index (χ0n) is 10.2. The summed E-state index contributed by atoms with van der Waals surface area (Å²) < 4.78 is 5.69. The normalized spacial score (nSPS) is 37.5. The standard InChI is InChI=1S/C12H24N2O2/c1-14-6-7-16-10(9-14)8-13-11-4-2-3-5-12(11)15/h10-13,15H,2-9H2,1H3/t10?,11-,12-/m0/s1. The van der Waals surface area contributed by atoms with Gasteiger partial charge in [-0.1, -0.05) is 12.8 Å². The molecule has 2 rings (SSSR count). The van der Waals surface area contributed by atoms with Crippen molar-refractivity contribution in [1.82, 2.24) is 10.2 Å². The van der Waals surface area contributed by atoms with Gasteiger partial charge in [-0.05, 0) is 19.9 Å². The fraction of sp³-hybridized carbons (Fsp3) is 1.00. The van der Waals surface area contributed by atoms with Gasteiger partial charge in [-0.2, -0.15) is 0 Å². The highest BCUT2D eigenvalue weighted by atomic mass is 16.5. The summed E-state index contributed by atoms with van der Waals surface area (Å²) in [5.74, 6) is 0. The average molecular weight is 228 g/mol. The number of hydrogen-bond acceptors (Lipinski definition) is 4. The quantitative estimate of drug-likeness (QED) is 0.725. The predicted molar refractivity (Wildman–Crippen MR) is 63.5 cm³/mol. The highest BCUT2D eigenvalue weighted by Gasteiger charge is 2.24. The molecule has 3 atom stereocenters. The van der Waals surface area contributed by atoms with Crippen LogP contribution >= 0.6 is 0 Å². The molecular weight excluding hydrogens is 204 g/mol. The van der Waals surface area contributed by atoms with Crippen LogP contribution in [0.1, 0.15) is 25.7 Å². The first-order valence-corrected chi connectivity index (χ1v) is 6.47. The van der Waals surface area contributed by atoms with Crippen molar-refractivity contribution in [3.05, 3.63) is 0 Å². The molecule has 16 heavy (non-hydrogen) atoms. The smallest absolute Gasteiger partial charge is 0.0826 e. The summed E-state index contributed by atoms with van der Waals surface area (Å²) in [6, 6.07) is 0.282. The number of nitrogens with zero attached hydrogens (tertiary/aromatic N) is 1. The minimum Gasteiger partial charge on any atom is -0.392 e. The summed E-state index contributed by atoms with van der Waals surface area (Å²) in [6.07, 6.45) is 4.58. The molecule has 0 spiro atoms. The zero-order valence-corrected chi connectivity index (χ0v) is 10.2. The van der Waals surface area contributed by atoms with E-state index in [9.17, 15) is 5.11 Å². The Morgan fingerprint density at radius 2 is 2.19 bits per heavy atom. The predicted octanol–water partition coefficient (Wildman–Crippen LogP) is 0.210. The number of ether oxygens (including phenoxy) is 1. The third-order valence-electron chi connectivity index (χ3n) is 3.68. The van der Waals surface area contributed by atoms with Gasteiger partial charge in [-0.3, -0.25) is 0 Å². The lowest BCUT2D eigenvalue weighted by molar-refractivity contribution is -0.0231. The highest BCUT2D eigenvalue weighted by Crippen LogP contribution is 2.18. The Bertz CT molecular complexity index is 213. The lowest BCUT2D eigenvalue weighted by Gasteiger charge is -2.33. The average Bonchev–Trinajstić information content (AvgIpc) is 2.28. The van der Waals surface area contributed by atoms with Gasteiger partial charge in [0.1, 0.15) is 0 Å². The maximum Gasteiger partial charge on any atom is 0.0826 e. The minimum atomic E-state index is -0.157. The van der Waals surface area contributed by atoms with Gasteiger partial charge in [-0.15, -0.1) is 0 Å². The van der Waals surface area contributed by atoms with Gasteiger partial charge in [0.25, 0.3) is 0 Å². The second kappa shape index (κ2) is 5.96. The summed E-state index contributed by atoms with van der Waals surface area (Å²) in [5.41, 5.74) is 0. The van der Waals surface area contributed by atoms with Crippen molar-refractivity contribution < 1.29 is 9.84 Å². The molecule has 0 aromatic carbocycles. The van der Waals surface area contributed by atoms with E-state index >= 15 is 0 Å². The van der Waals surface area contributed by atoms with Gasteiger partial charge >= 0.3 is 0 Å². The van der Waals surface area contributed by atoms with Gasteiger partial charge in [0, 0.05) is 25.7 Å². The molecule has 4 nitrogen and oxygen atoms in total. The number of rotatable bonds is 3.